The van der Waals surface area contributed by atoms with Gasteiger partial charge in [-0.15, -0.1) is 0 Å². The number of benzene rings is 1. The maximum absolute atomic E-state index is 9.65. The second-order valence-electron chi connectivity index (χ2n) is 6.48. The van der Waals surface area contributed by atoms with Crippen LogP contribution in [0.15, 0.2) is 35.2 Å². The van der Waals surface area contributed by atoms with E-state index in [2.05, 4.69) is 20.1 Å². The quantitative estimate of drug-likeness (QED) is 0.485. The minimum atomic E-state index is -0.575. The van der Waals surface area contributed by atoms with Crippen LogP contribution in [0, 0.1) is 6.92 Å². The maximum Gasteiger partial charge on any atom is 0.278 e. The molecule has 0 aliphatic carbocycles. The van der Waals surface area contributed by atoms with E-state index in [0.717, 1.165) is 5.69 Å². The van der Waals surface area contributed by atoms with E-state index in [4.69, 9.17) is 32.5 Å². The van der Waals surface area contributed by atoms with Crippen molar-refractivity contribution in [3.05, 3.63) is 46.5 Å². The first-order valence-electron chi connectivity index (χ1n) is 8.90. The maximum atomic E-state index is 9.65. The van der Waals surface area contributed by atoms with Gasteiger partial charge in [0.25, 0.3) is 5.89 Å². The van der Waals surface area contributed by atoms with E-state index in [1.165, 1.54) is 0 Å². The van der Waals surface area contributed by atoms with Crippen LogP contribution in [0.3, 0.4) is 0 Å². The molecule has 1 aromatic carbocycles. The summed E-state index contributed by atoms with van der Waals surface area (Å²) in [7, 11) is 0. The molecule has 3 heterocycles. The van der Waals surface area contributed by atoms with Crippen LogP contribution in [0.1, 0.15) is 19.0 Å². The van der Waals surface area contributed by atoms with E-state index in [1.54, 1.807) is 24.5 Å². The van der Waals surface area contributed by atoms with Crippen LogP contribution in [0.2, 0.25) is 10.0 Å². The minimum Gasteiger partial charge on any atom is -0.489 e. The van der Waals surface area contributed by atoms with Gasteiger partial charge in [-0.1, -0.05) is 35.3 Å². The zero-order valence-electron chi connectivity index (χ0n) is 15.6. The van der Waals surface area contributed by atoms with Gasteiger partial charge in [-0.3, -0.25) is 4.98 Å². The zero-order chi connectivity index (χ0) is 20.5. The number of aryl methyl sites for hydroxylation is 1. The fraction of sp³-hybridized carbons (Fsp3) is 0.263. The van der Waals surface area contributed by atoms with Crippen molar-refractivity contribution < 1.29 is 14.4 Å². The summed E-state index contributed by atoms with van der Waals surface area (Å²) in [5.41, 5.74) is 2.55. The Morgan fingerprint density at radius 3 is 2.83 bits per heavy atom. The summed E-state index contributed by atoms with van der Waals surface area (Å²) < 4.78 is 12.7. The highest BCUT2D eigenvalue weighted by molar-refractivity contribution is 6.36. The number of aliphatic hydroxyl groups excluding tert-OH is 1. The van der Waals surface area contributed by atoms with Gasteiger partial charge in [0.1, 0.15) is 18.1 Å². The van der Waals surface area contributed by atoms with E-state index in [1.807, 2.05) is 24.4 Å². The minimum absolute atomic E-state index is 0.125. The predicted octanol–water partition coefficient (Wildman–Crippen LogP) is 4.21. The van der Waals surface area contributed by atoms with Crippen LogP contribution in [0.25, 0.3) is 28.6 Å². The molecule has 0 unspecified atom stereocenters. The average Bonchev–Trinajstić information content (AvgIpc) is 3.34. The normalized spacial score (nSPS) is 12.4. The highest BCUT2D eigenvalue weighted by Crippen LogP contribution is 2.36. The fourth-order valence-corrected chi connectivity index (χ4v) is 3.11. The molecule has 8 nitrogen and oxygen atoms in total. The lowest BCUT2D eigenvalue weighted by Crippen LogP contribution is -2.16. The summed E-state index contributed by atoms with van der Waals surface area (Å²) in [5.74, 6) is 0.901. The van der Waals surface area contributed by atoms with Gasteiger partial charge in [-0.05, 0) is 19.4 Å². The Morgan fingerprint density at radius 1 is 1.21 bits per heavy atom. The standard InChI is InChI=1S/C19H17Cl2N5O3/c1-3-11(27)9-28-16-5-13(20)12(4-14(16)21)18-24-19(29-25-18)15-8-26-7-10(2)22-6-17(26)23-15/h4-8,11,27H,3,9H2,1-2H3/t11-/m0/s1. The largest absolute Gasteiger partial charge is 0.489 e. The average molecular weight is 434 g/mol. The van der Waals surface area contributed by atoms with Crippen molar-refractivity contribution >= 4 is 28.8 Å². The summed E-state index contributed by atoms with van der Waals surface area (Å²) in [6.45, 7) is 3.88. The van der Waals surface area contributed by atoms with Crippen LogP contribution >= 0.6 is 23.2 Å². The van der Waals surface area contributed by atoms with Gasteiger partial charge in [0, 0.05) is 24.0 Å². The van der Waals surface area contributed by atoms with Gasteiger partial charge in [0.2, 0.25) is 5.82 Å². The molecule has 0 aliphatic heterocycles. The number of aliphatic hydroxyl groups is 1. The van der Waals surface area contributed by atoms with Crippen LogP contribution in [0.5, 0.6) is 5.75 Å². The Labute approximate surface area is 176 Å². The Hall–Kier alpha value is -2.68. The molecule has 1 N–H and O–H groups in total. The van der Waals surface area contributed by atoms with Crippen molar-refractivity contribution in [1.82, 2.24) is 24.5 Å². The number of rotatable bonds is 6. The second kappa shape index (κ2) is 7.98. The van der Waals surface area contributed by atoms with Crippen molar-refractivity contribution in [3.8, 4) is 28.7 Å². The number of imidazole rings is 1. The highest BCUT2D eigenvalue weighted by atomic mass is 35.5. The molecular formula is C19H17Cl2N5O3. The van der Waals surface area contributed by atoms with Crippen molar-refractivity contribution in [3.63, 3.8) is 0 Å². The number of fused-ring (bicyclic) bond motifs is 1. The van der Waals surface area contributed by atoms with Gasteiger partial charge < -0.3 is 18.8 Å². The molecule has 0 bridgehead atoms. The molecule has 10 heteroatoms. The molecule has 4 rings (SSSR count). The Kier molecular flexibility index (Phi) is 5.40. The third kappa shape index (κ3) is 4.05. The summed E-state index contributed by atoms with van der Waals surface area (Å²) in [6, 6.07) is 3.17. The number of ether oxygens (including phenoxy) is 1. The van der Waals surface area contributed by atoms with Crippen molar-refractivity contribution in [2.45, 2.75) is 26.4 Å². The van der Waals surface area contributed by atoms with Gasteiger partial charge in [-0.2, -0.15) is 4.98 Å². The molecule has 150 valence electrons. The first kappa shape index (κ1) is 19.6. The van der Waals surface area contributed by atoms with Crippen molar-refractivity contribution in [2.75, 3.05) is 6.61 Å². The van der Waals surface area contributed by atoms with E-state index >= 15 is 0 Å². The number of hydrogen-bond donors (Lipinski definition) is 1. The molecule has 0 fully saturated rings. The Balaban J connectivity index is 1.62. The molecule has 3 aromatic heterocycles. The molecule has 29 heavy (non-hydrogen) atoms. The molecule has 0 aliphatic rings. The molecule has 0 saturated heterocycles. The fourth-order valence-electron chi connectivity index (χ4n) is 2.66. The van der Waals surface area contributed by atoms with E-state index in [0.29, 0.717) is 39.1 Å². The lowest BCUT2D eigenvalue weighted by molar-refractivity contribution is 0.104. The Bertz CT molecular complexity index is 1170. The summed E-state index contributed by atoms with van der Waals surface area (Å²) >= 11 is 12.7. The topological polar surface area (TPSA) is 98.6 Å². The second-order valence-corrected chi connectivity index (χ2v) is 7.29. The lowest BCUT2D eigenvalue weighted by Gasteiger charge is -2.12. The van der Waals surface area contributed by atoms with Gasteiger partial charge in [-0.25, -0.2) is 4.98 Å². The molecule has 1 atom stereocenters. The molecule has 4 aromatic rings. The summed E-state index contributed by atoms with van der Waals surface area (Å²) in [6.07, 6.45) is 5.31. The predicted molar refractivity (Wildman–Crippen MR) is 108 cm³/mol. The smallest absolute Gasteiger partial charge is 0.278 e. The number of halogens is 2. The van der Waals surface area contributed by atoms with Gasteiger partial charge in [0.05, 0.1) is 28.0 Å². The third-order valence-electron chi connectivity index (χ3n) is 4.28. The molecular weight excluding hydrogens is 417 g/mol. The third-order valence-corrected chi connectivity index (χ3v) is 4.89. The van der Waals surface area contributed by atoms with Crippen LogP contribution in [-0.4, -0.2) is 42.3 Å². The van der Waals surface area contributed by atoms with Crippen molar-refractivity contribution in [1.29, 1.82) is 0 Å². The number of aromatic nitrogens is 5. The summed E-state index contributed by atoms with van der Waals surface area (Å²) in [4.78, 5) is 13.0. The molecule has 0 radical (unpaired) electrons. The molecule has 0 saturated carbocycles. The highest BCUT2D eigenvalue weighted by Gasteiger charge is 2.18. The van der Waals surface area contributed by atoms with Gasteiger partial charge >= 0.3 is 0 Å². The SMILES string of the molecule is CC[C@H](O)COc1cc(Cl)c(-c2noc(-c3cn4cc(C)ncc4n3)n2)cc1Cl. The Morgan fingerprint density at radius 2 is 2.03 bits per heavy atom. The van der Waals surface area contributed by atoms with Crippen LogP contribution < -0.4 is 4.74 Å². The van der Waals surface area contributed by atoms with E-state index in [-0.39, 0.29) is 18.3 Å². The molecule has 0 spiro atoms. The van der Waals surface area contributed by atoms with Gasteiger partial charge in [0.15, 0.2) is 5.65 Å². The van der Waals surface area contributed by atoms with E-state index < -0.39 is 6.10 Å². The van der Waals surface area contributed by atoms with Crippen LogP contribution in [-0.2, 0) is 0 Å². The van der Waals surface area contributed by atoms with Crippen molar-refractivity contribution in [2.24, 2.45) is 0 Å². The first-order chi connectivity index (χ1) is 13.9. The monoisotopic (exact) mass is 433 g/mol. The van der Waals surface area contributed by atoms with Crippen LogP contribution in [0.4, 0.5) is 0 Å². The van der Waals surface area contributed by atoms with E-state index in [9.17, 15) is 5.11 Å². The first-order valence-corrected chi connectivity index (χ1v) is 9.66. The number of nitrogens with zero attached hydrogens (tertiary/aromatic N) is 5. The summed E-state index contributed by atoms with van der Waals surface area (Å²) in [5, 5.41) is 14.3. The molecule has 0 amide bonds. The zero-order valence-corrected chi connectivity index (χ0v) is 17.1. The number of hydrogen-bond acceptors (Lipinski definition) is 7. The lowest BCUT2D eigenvalue weighted by atomic mass is 10.2.